The molecule has 2 aromatic carbocycles. The van der Waals surface area contributed by atoms with Gasteiger partial charge in [0, 0.05) is 42.9 Å². The highest BCUT2D eigenvalue weighted by Crippen LogP contribution is 2.31. The van der Waals surface area contributed by atoms with E-state index < -0.39 is 0 Å². The highest BCUT2D eigenvalue weighted by Gasteiger charge is 2.16. The Morgan fingerprint density at radius 3 is 2.29 bits per heavy atom. The lowest BCUT2D eigenvalue weighted by molar-refractivity contribution is -0.117. The fourth-order valence-corrected chi connectivity index (χ4v) is 2.71. The van der Waals surface area contributed by atoms with Crippen molar-refractivity contribution >= 4 is 29.0 Å². The van der Waals surface area contributed by atoms with Crippen molar-refractivity contribution in [1.82, 2.24) is 0 Å². The molecule has 7 heteroatoms. The number of ether oxygens (including phenoxy) is 2. The zero-order chi connectivity index (χ0) is 20.7. The van der Waals surface area contributed by atoms with E-state index in [1.165, 1.54) is 33.0 Å². The standard InChI is InChI=1S/C21H24N2O5/c1-14(24)16-6-5-7-17(12-16)22-21(26)10-11-23(15(2)25)18-8-9-19(27-3)20(13-18)28-4/h5-9,12-13H,10-11H2,1-4H3,(H,22,26). The molecule has 148 valence electrons. The van der Waals surface area contributed by atoms with Gasteiger partial charge in [-0.2, -0.15) is 0 Å². The van der Waals surface area contributed by atoms with Crippen molar-refractivity contribution < 1.29 is 23.9 Å². The van der Waals surface area contributed by atoms with E-state index >= 15 is 0 Å². The van der Waals surface area contributed by atoms with E-state index in [2.05, 4.69) is 5.32 Å². The van der Waals surface area contributed by atoms with Gasteiger partial charge in [0.1, 0.15) is 0 Å². The Hall–Kier alpha value is -3.35. The lowest BCUT2D eigenvalue weighted by atomic mass is 10.1. The summed E-state index contributed by atoms with van der Waals surface area (Å²) in [5, 5.41) is 2.75. The molecular weight excluding hydrogens is 360 g/mol. The minimum Gasteiger partial charge on any atom is -0.493 e. The van der Waals surface area contributed by atoms with Crippen molar-refractivity contribution in [2.75, 3.05) is 31.0 Å². The average Bonchev–Trinajstić information content (AvgIpc) is 2.67. The van der Waals surface area contributed by atoms with E-state index in [1.807, 2.05) is 0 Å². The maximum atomic E-state index is 12.3. The molecule has 0 saturated carbocycles. The van der Waals surface area contributed by atoms with E-state index in [0.29, 0.717) is 28.4 Å². The number of methoxy groups -OCH3 is 2. The second kappa shape index (κ2) is 9.55. The highest BCUT2D eigenvalue weighted by molar-refractivity contribution is 5.98. The number of carbonyl (C=O) groups excluding carboxylic acids is 3. The Kier molecular flexibility index (Phi) is 7.14. The molecule has 0 atom stereocenters. The Labute approximate surface area is 164 Å². The summed E-state index contributed by atoms with van der Waals surface area (Å²) < 4.78 is 10.5. The minimum atomic E-state index is -0.257. The maximum absolute atomic E-state index is 12.3. The normalized spacial score (nSPS) is 10.1. The van der Waals surface area contributed by atoms with Gasteiger partial charge in [-0.1, -0.05) is 12.1 Å². The summed E-state index contributed by atoms with van der Waals surface area (Å²) in [6.45, 7) is 3.10. The number of Topliss-reactive ketones (excluding diaryl/α,β-unsaturated/α-hetero) is 1. The largest absolute Gasteiger partial charge is 0.493 e. The van der Waals surface area contributed by atoms with Gasteiger partial charge in [-0.3, -0.25) is 14.4 Å². The summed E-state index contributed by atoms with van der Waals surface area (Å²) in [5.41, 5.74) is 1.67. The predicted octanol–water partition coefficient (Wildman–Crippen LogP) is 3.29. The van der Waals surface area contributed by atoms with Crippen LogP contribution in [0.5, 0.6) is 11.5 Å². The Bertz CT molecular complexity index is 879. The summed E-state index contributed by atoms with van der Waals surface area (Å²) in [5.74, 6) is 0.521. The Morgan fingerprint density at radius 1 is 0.964 bits per heavy atom. The van der Waals surface area contributed by atoms with Gasteiger partial charge in [-0.05, 0) is 31.2 Å². The highest BCUT2D eigenvalue weighted by atomic mass is 16.5. The molecule has 0 saturated heterocycles. The third-order valence-electron chi connectivity index (χ3n) is 4.17. The second-order valence-corrected chi connectivity index (χ2v) is 6.15. The molecule has 0 aliphatic rings. The van der Waals surface area contributed by atoms with E-state index in [9.17, 15) is 14.4 Å². The molecule has 28 heavy (non-hydrogen) atoms. The van der Waals surface area contributed by atoms with E-state index in [0.717, 1.165) is 0 Å². The number of amides is 2. The van der Waals surface area contributed by atoms with Crippen LogP contribution in [0.1, 0.15) is 30.6 Å². The van der Waals surface area contributed by atoms with Gasteiger partial charge in [0.2, 0.25) is 11.8 Å². The molecule has 0 heterocycles. The summed E-state index contributed by atoms with van der Waals surface area (Å²) in [7, 11) is 3.05. The molecule has 2 rings (SSSR count). The second-order valence-electron chi connectivity index (χ2n) is 6.15. The van der Waals surface area contributed by atoms with Crippen LogP contribution in [0, 0.1) is 0 Å². The quantitative estimate of drug-likeness (QED) is 0.706. The van der Waals surface area contributed by atoms with Gasteiger partial charge < -0.3 is 19.7 Å². The Balaban J connectivity index is 2.07. The van der Waals surface area contributed by atoms with Crippen molar-refractivity contribution in [2.24, 2.45) is 0 Å². The van der Waals surface area contributed by atoms with Crippen LogP contribution in [0.2, 0.25) is 0 Å². The molecule has 0 radical (unpaired) electrons. The molecule has 0 aliphatic carbocycles. The molecule has 0 spiro atoms. The van der Waals surface area contributed by atoms with Crippen LogP contribution < -0.4 is 19.7 Å². The van der Waals surface area contributed by atoms with Crippen molar-refractivity contribution in [1.29, 1.82) is 0 Å². The van der Waals surface area contributed by atoms with E-state index in [1.54, 1.807) is 42.5 Å². The van der Waals surface area contributed by atoms with Gasteiger partial charge in [0.05, 0.1) is 14.2 Å². The molecule has 0 fully saturated rings. The van der Waals surface area contributed by atoms with Crippen LogP contribution in [0.4, 0.5) is 11.4 Å². The lowest BCUT2D eigenvalue weighted by Gasteiger charge is -2.22. The van der Waals surface area contributed by atoms with Crippen molar-refractivity contribution in [3.05, 3.63) is 48.0 Å². The number of hydrogen-bond acceptors (Lipinski definition) is 5. The van der Waals surface area contributed by atoms with Crippen LogP contribution in [0.25, 0.3) is 0 Å². The third kappa shape index (κ3) is 5.33. The SMILES string of the molecule is COc1ccc(N(CCC(=O)Nc2cccc(C(C)=O)c2)C(C)=O)cc1OC. The first-order valence-electron chi connectivity index (χ1n) is 8.76. The first kappa shape index (κ1) is 21.0. The average molecular weight is 384 g/mol. The monoisotopic (exact) mass is 384 g/mol. The number of anilines is 2. The molecule has 0 aliphatic heterocycles. The molecule has 7 nitrogen and oxygen atoms in total. The molecule has 2 amide bonds. The molecule has 0 aromatic heterocycles. The van der Waals surface area contributed by atoms with Crippen LogP contribution in [-0.2, 0) is 9.59 Å². The van der Waals surface area contributed by atoms with Gasteiger partial charge in [-0.15, -0.1) is 0 Å². The summed E-state index contributed by atoms with van der Waals surface area (Å²) in [4.78, 5) is 37.3. The Morgan fingerprint density at radius 2 is 1.68 bits per heavy atom. The van der Waals surface area contributed by atoms with Crippen LogP contribution >= 0.6 is 0 Å². The maximum Gasteiger partial charge on any atom is 0.226 e. The predicted molar refractivity (Wildman–Crippen MR) is 107 cm³/mol. The molecule has 2 aromatic rings. The van der Waals surface area contributed by atoms with E-state index in [4.69, 9.17) is 9.47 Å². The summed E-state index contributed by atoms with van der Waals surface area (Å²) in [6.07, 6.45) is 0.0955. The lowest BCUT2D eigenvalue weighted by Crippen LogP contribution is -2.32. The first-order chi connectivity index (χ1) is 13.3. The van der Waals surface area contributed by atoms with E-state index in [-0.39, 0.29) is 30.6 Å². The van der Waals surface area contributed by atoms with Crippen LogP contribution in [0.3, 0.4) is 0 Å². The molecular formula is C21H24N2O5. The van der Waals surface area contributed by atoms with Gasteiger partial charge in [0.25, 0.3) is 0 Å². The minimum absolute atomic E-state index is 0.0766. The fraction of sp³-hybridized carbons (Fsp3) is 0.286. The number of hydrogen-bond donors (Lipinski definition) is 1. The van der Waals surface area contributed by atoms with Gasteiger partial charge in [-0.25, -0.2) is 0 Å². The van der Waals surface area contributed by atoms with Gasteiger partial charge >= 0.3 is 0 Å². The zero-order valence-corrected chi connectivity index (χ0v) is 16.4. The smallest absolute Gasteiger partial charge is 0.226 e. The third-order valence-corrected chi connectivity index (χ3v) is 4.17. The van der Waals surface area contributed by atoms with Crippen molar-refractivity contribution in [2.45, 2.75) is 20.3 Å². The number of carbonyl (C=O) groups is 3. The topological polar surface area (TPSA) is 84.9 Å². The number of nitrogens with zero attached hydrogens (tertiary/aromatic N) is 1. The first-order valence-corrected chi connectivity index (χ1v) is 8.76. The van der Waals surface area contributed by atoms with Crippen molar-refractivity contribution in [3.63, 3.8) is 0 Å². The number of benzene rings is 2. The summed E-state index contributed by atoms with van der Waals surface area (Å²) in [6, 6.07) is 11.9. The van der Waals surface area contributed by atoms with Crippen molar-refractivity contribution in [3.8, 4) is 11.5 Å². The molecule has 0 bridgehead atoms. The molecule has 0 unspecified atom stereocenters. The van der Waals surface area contributed by atoms with Crippen LogP contribution in [0.15, 0.2) is 42.5 Å². The number of nitrogens with one attached hydrogen (secondary N) is 1. The fourth-order valence-electron chi connectivity index (χ4n) is 2.71. The van der Waals surface area contributed by atoms with Crippen LogP contribution in [-0.4, -0.2) is 38.4 Å². The molecule has 1 N–H and O–H groups in total. The summed E-state index contributed by atoms with van der Waals surface area (Å²) >= 11 is 0. The number of ketones is 1. The number of rotatable bonds is 8. The van der Waals surface area contributed by atoms with Gasteiger partial charge in [0.15, 0.2) is 17.3 Å². The zero-order valence-electron chi connectivity index (χ0n) is 16.4.